The fraction of sp³-hybridized carbons (Fsp3) is 1.00. The summed E-state index contributed by atoms with van der Waals surface area (Å²) in [5.41, 5.74) is 0. The summed E-state index contributed by atoms with van der Waals surface area (Å²) in [6, 6.07) is 0. The van der Waals surface area contributed by atoms with E-state index in [1.165, 1.54) is 0 Å². The first-order valence-electron chi connectivity index (χ1n) is 5.87. The van der Waals surface area contributed by atoms with E-state index in [0.29, 0.717) is 19.8 Å². The predicted molar refractivity (Wildman–Crippen MR) is 59.0 cm³/mol. The lowest BCUT2D eigenvalue weighted by atomic mass is 10.1. The molecule has 0 aromatic rings. The summed E-state index contributed by atoms with van der Waals surface area (Å²) >= 11 is 0. The molecule has 0 radical (unpaired) electrons. The van der Waals surface area contributed by atoms with Crippen molar-refractivity contribution >= 4 is 0 Å². The van der Waals surface area contributed by atoms with Crippen LogP contribution in [0.4, 0.5) is 0 Å². The third-order valence-corrected chi connectivity index (χ3v) is 2.64. The van der Waals surface area contributed by atoms with Crippen molar-refractivity contribution < 1.29 is 14.6 Å². The van der Waals surface area contributed by atoms with Crippen LogP contribution in [0, 0.1) is 0 Å². The van der Waals surface area contributed by atoms with Crippen molar-refractivity contribution in [3.63, 3.8) is 0 Å². The van der Waals surface area contributed by atoms with E-state index in [-0.39, 0.29) is 6.10 Å². The zero-order valence-corrected chi connectivity index (χ0v) is 9.82. The molecule has 1 heterocycles. The zero-order valence-electron chi connectivity index (χ0n) is 9.82. The highest BCUT2D eigenvalue weighted by atomic mass is 16.5. The minimum Gasteiger partial charge on any atom is -0.388 e. The van der Waals surface area contributed by atoms with Gasteiger partial charge in [0, 0.05) is 19.7 Å². The van der Waals surface area contributed by atoms with Gasteiger partial charge in [0.25, 0.3) is 0 Å². The minimum atomic E-state index is -0.496. The number of ether oxygens (including phenoxy) is 2. The molecule has 2 atom stereocenters. The average molecular weight is 217 g/mol. The van der Waals surface area contributed by atoms with E-state index < -0.39 is 6.10 Å². The molecule has 0 aromatic heterocycles. The predicted octanol–water partition coefficient (Wildman–Crippen LogP) is 0.495. The van der Waals surface area contributed by atoms with Gasteiger partial charge in [0.1, 0.15) is 6.10 Å². The maximum absolute atomic E-state index is 9.81. The summed E-state index contributed by atoms with van der Waals surface area (Å²) in [5.74, 6) is 0. The van der Waals surface area contributed by atoms with E-state index in [9.17, 15) is 5.11 Å². The van der Waals surface area contributed by atoms with Crippen molar-refractivity contribution in [3.05, 3.63) is 0 Å². The van der Waals surface area contributed by atoms with Gasteiger partial charge in [-0.2, -0.15) is 0 Å². The number of hydrogen-bond acceptors (Lipinski definition) is 4. The highest BCUT2D eigenvalue weighted by Crippen LogP contribution is 2.09. The van der Waals surface area contributed by atoms with Gasteiger partial charge in [0.05, 0.1) is 19.3 Å². The Morgan fingerprint density at radius 2 is 2.33 bits per heavy atom. The maximum Gasteiger partial charge on any atom is 0.105 e. The first-order valence-corrected chi connectivity index (χ1v) is 5.87. The van der Waals surface area contributed by atoms with Crippen LogP contribution in [-0.2, 0) is 9.47 Å². The molecule has 4 heteroatoms. The highest BCUT2D eigenvalue weighted by molar-refractivity contribution is 4.77. The minimum absolute atomic E-state index is 0.0863. The molecule has 4 nitrogen and oxygen atoms in total. The Hall–Kier alpha value is -0.160. The van der Waals surface area contributed by atoms with Crippen LogP contribution in [-0.4, -0.2) is 61.7 Å². The van der Waals surface area contributed by atoms with E-state index >= 15 is 0 Å². The summed E-state index contributed by atoms with van der Waals surface area (Å²) in [6.45, 7) is 8.71. The first-order chi connectivity index (χ1) is 7.27. The second-order valence-corrected chi connectivity index (χ2v) is 3.94. The Kier molecular flexibility index (Phi) is 6.17. The fourth-order valence-corrected chi connectivity index (χ4v) is 1.83. The van der Waals surface area contributed by atoms with Crippen molar-refractivity contribution in [2.45, 2.75) is 32.5 Å². The Bertz CT molecular complexity index is 164. The molecule has 0 saturated carbocycles. The lowest BCUT2D eigenvalue weighted by Crippen LogP contribution is -2.49. The van der Waals surface area contributed by atoms with Crippen LogP contribution in [0.1, 0.15) is 20.3 Å². The molecule has 90 valence electrons. The summed E-state index contributed by atoms with van der Waals surface area (Å²) in [6.07, 6.45) is 0.565. The van der Waals surface area contributed by atoms with E-state index in [1.807, 2.05) is 6.92 Å². The number of aliphatic hydroxyl groups is 1. The van der Waals surface area contributed by atoms with Gasteiger partial charge in [-0.25, -0.2) is 0 Å². The van der Waals surface area contributed by atoms with E-state index in [2.05, 4.69) is 11.8 Å². The van der Waals surface area contributed by atoms with Gasteiger partial charge in [-0.3, -0.25) is 4.90 Å². The maximum atomic E-state index is 9.81. The Balaban J connectivity index is 2.27. The number of rotatable bonds is 6. The molecule has 15 heavy (non-hydrogen) atoms. The smallest absolute Gasteiger partial charge is 0.105 e. The molecule has 0 amide bonds. The quantitative estimate of drug-likeness (QED) is 0.703. The molecule has 1 rings (SSSR count). The summed E-state index contributed by atoms with van der Waals surface area (Å²) in [7, 11) is 0. The number of nitrogens with zero attached hydrogens (tertiary/aromatic N) is 1. The Morgan fingerprint density at radius 1 is 1.53 bits per heavy atom. The second-order valence-electron chi connectivity index (χ2n) is 3.94. The van der Waals surface area contributed by atoms with E-state index in [0.717, 1.165) is 26.1 Å². The van der Waals surface area contributed by atoms with Crippen molar-refractivity contribution in [2.24, 2.45) is 0 Å². The van der Waals surface area contributed by atoms with Gasteiger partial charge in [-0.15, -0.1) is 0 Å². The van der Waals surface area contributed by atoms with Crippen molar-refractivity contribution in [2.75, 3.05) is 39.5 Å². The molecule has 1 aliphatic heterocycles. The van der Waals surface area contributed by atoms with Crippen molar-refractivity contribution in [1.82, 2.24) is 4.90 Å². The Labute approximate surface area is 92.2 Å². The van der Waals surface area contributed by atoms with Crippen LogP contribution in [0.25, 0.3) is 0 Å². The second kappa shape index (κ2) is 7.17. The highest BCUT2D eigenvalue weighted by Gasteiger charge is 2.26. The van der Waals surface area contributed by atoms with Crippen LogP contribution < -0.4 is 0 Å². The molecule has 1 N–H and O–H groups in total. The van der Waals surface area contributed by atoms with Gasteiger partial charge in [0.15, 0.2) is 0 Å². The first kappa shape index (κ1) is 12.9. The van der Waals surface area contributed by atoms with E-state index in [4.69, 9.17) is 9.47 Å². The zero-order chi connectivity index (χ0) is 11.1. The van der Waals surface area contributed by atoms with Crippen molar-refractivity contribution in [1.29, 1.82) is 0 Å². The largest absolute Gasteiger partial charge is 0.388 e. The molecular weight excluding hydrogens is 194 g/mol. The van der Waals surface area contributed by atoms with Crippen LogP contribution in [0.3, 0.4) is 0 Å². The molecule has 0 bridgehead atoms. The molecule has 2 unspecified atom stereocenters. The molecule has 1 aliphatic rings. The van der Waals surface area contributed by atoms with Gasteiger partial charge >= 0.3 is 0 Å². The monoisotopic (exact) mass is 217 g/mol. The summed E-state index contributed by atoms with van der Waals surface area (Å²) in [5, 5.41) is 9.81. The lowest BCUT2D eigenvalue weighted by molar-refractivity contribution is -0.108. The van der Waals surface area contributed by atoms with Crippen molar-refractivity contribution in [3.8, 4) is 0 Å². The number of hydrogen-bond donors (Lipinski definition) is 1. The summed E-state index contributed by atoms with van der Waals surface area (Å²) in [4.78, 5) is 2.34. The molecule has 1 fully saturated rings. The molecule has 0 aliphatic carbocycles. The number of morpholine rings is 1. The standard InChI is InChI=1S/C11H23NO3/c1-3-5-12-6-7-15-11(8-12)10(13)9-14-4-2/h10-11,13H,3-9H2,1-2H3. The average Bonchev–Trinajstić information content (AvgIpc) is 2.27. The van der Waals surface area contributed by atoms with Gasteiger partial charge < -0.3 is 14.6 Å². The van der Waals surface area contributed by atoms with Crippen LogP contribution >= 0.6 is 0 Å². The number of aliphatic hydroxyl groups excluding tert-OH is 1. The van der Waals surface area contributed by atoms with Gasteiger partial charge in [0.2, 0.25) is 0 Å². The third-order valence-electron chi connectivity index (χ3n) is 2.64. The van der Waals surface area contributed by atoms with Crippen LogP contribution in [0.2, 0.25) is 0 Å². The fourth-order valence-electron chi connectivity index (χ4n) is 1.83. The van der Waals surface area contributed by atoms with Crippen LogP contribution in [0.5, 0.6) is 0 Å². The molecular formula is C11H23NO3. The van der Waals surface area contributed by atoms with Gasteiger partial charge in [-0.05, 0) is 19.9 Å². The summed E-state index contributed by atoms with van der Waals surface area (Å²) < 4.78 is 10.7. The Morgan fingerprint density at radius 3 is 3.00 bits per heavy atom. The van der Waals surface area contributed by atoms with Gasteiger partial charge in [-0.1, -0.05) is 6.92 Å². The molecule has 0 aromatic carbocycles. The van der Waals surface area contributed by atoms with Crippen LogP contribution in [0.15, 0.2) is 0 Å². The SMILES string of the molecule is CCCN1CCOC(C(O)COCC)C1. The lowest BCUT2D eigenvalue weighted by Gasteiger charge is -2.34. The molecule has 1 saturated heterocycles. The molecule has 0 spiro atoms. The normalized spacial score (nSPS) is 25.4. The topological polar surface area (TPSA) is 41.9 Å². The third kappa shape index (κ3) is 4.47. The van der Waals surface area contributed by atoms with E-state index in [1.54, 1.807) is 0 Å².